The van der Waals surface area contributed by atoms with E-state index < -0.39 is 16.2 Å². The number of nitrogens with zero attached hydrogens (tertiary/aromatic N) is 5. The van der Waals surface area contributed by atoms with E-state index >= 15 is 0 Å². The molecule has 39 heavy (non-hydrogen) atoms. The number of hydrogen-bond donors (Lipinski definition) is 3. The summed E-state index contributed by atoms with van der Waals surface area (Å²) in [6.45, 7) is 4.63. The van der Waals surface area contributed by atoms with Crippen LogP contribution in [0.4, 0.5) is 16.2 Å². The van der Waals surface area contributed by atoms with Crippen molar-refractivity contribution in [2.45, 2.75) is 44.3 Å². The molecule has 2 atom stereocenters. The van der Waals surface area contributed by atoms with Crippen molar-refractivity contribution in [3.8, 4) is 11.3 Å². The van der Waals surface area contributed by atoms with E-state index in [4.69, 9.17) is 0 Å². The third-order valence-corrected chi connectivity index (χ3v) is 7.51. The second-order valence-corrected chi connectivity index (χ2v) is 11.5. The van der Waals surface area contributed by atoms with Gasteiger partial charge in [0.2, 0.25) is 16.0 Å². The Hall–Kier alpha value is -3.97. The maximum Gasteiger partial charge on any atom is 0.279 e. The normalized spacial score (nSPS) is 17.8. The third-order valence-electron chi connectivity index (χ3n) is 6.27. The van der Waals surface area contributed by atoms with Crippen LogP contribution in [0.1, 0.15) is 31.9 Å². The third kappa shape index (κ3) is 6.20. The van der Waals surface area contributed by atoms with Gasteiger partial charge in [-0.05, 0) is 31.5 Å². The van der Waals surface area contributed by atoms with Crippen LogP contribution in [0.3, 0.4) is 0 Å². The summed E-state index contributed by atoms with van der Waals surface area (Å²) in [5.41, 5.74) is 1.61. The van der Waals surface area contributed by atoms with Gasteiger partial charge in [0.15, 0.2) is 5.65 Å². The molecule has 0 amide bonds. The average molecular weight is 553 g/mol. The molecule has 0 unspecified atom stereocenters. The predicted octanol–water partition coefficient (Wildman–Crippen LogP) is 2.88. The van der Waals surface area contributed by atoms with E-state index in [-0.39, 0.29) is 34.9 Å². The van der Waals surface area contributed by atoms with Crippen molar-refractivity contribution in [1.82, 2.24) is 29.8 Å². The number of alkyl halides is 1. The highest BCUT2D eigenvalue weighted by Crippen LogP contribution is 2.21. The summed E-state index contributed by atoms with van der Waals surface area (Å²) in [5.74, 6) is 0.234. The Bertz CT molecular complexity index is 1630. The zero-order valence-corrected chi connectivity index (χ0v) is 22.3. The lowest BCUT2D eigenvalue weighted by Crippen LogP contribution is -2.44. The van der Waals surface area contributed by atoms with Crippen LogP contribution < -0.4 is 20.9 Å². The predicted molar refractivity (Wildman–Crippen MR) is 148 cm³/mol. The Morgan fingerprint density at radius 1 is 1.08 bits per heavy atom. The molecule has 4 aromatic rings. The molecule has 0 spiro atoms. The number of benzene rings is 1. The maximum absolute atomic E-state index is 13.8. The van der Waals surface area contributed by atoms with Crippen molar-refractivity contribution in [2.75, 3.05) is 23.1 Å². The Morgan fingerprint density at radius 2 is 1.87 bits per heavy atom. The fourth-order valence-corrected chi connectivity index (χ4v) is 5.65. The van der Waals surface area contributed by atoms with Crippen LogP contribution >= 0.6 is 0 Å². The number of hydrogen-bond acceptors (Lipinski definition) is 9. The van der Waals surface area contributed by atoms with E-state index in [9.17, 15) is 17.6 Å². The number of nitrogens with one attached hydrogen (secondary N) is 3. The molecule has 1 aliphatic heterocycles. The molecule has 11 nitrogen and oxygen atoms in total. The van der Waals surface area contributed by atoms with Gasteiger partial charge in [0.05, 0.1) is 11.9 Å². The second kappa shape index (κ2) is 11.0. The first-order chi connectivity index (χ1) is 18.7. The van der Waals surface area contributed by atoms with Crippen LogP contribution in [0, 0.1) is 0 Å². The van der Waals surface area contributed by atoms with Crippen molar-refractivity contribution in [3.63, 3.8) is 0 Å². The van der Waals surface area contributed by atoms with E-state index in [1.165, 1.54) is 23.0 Å². The summed E-state index contributed by atoms with van der Waals surface area (Å²) >= 11 is 0. The number of rotatable bonds is 8. The summed E-state index contributed by atoms with van der Waals surface area (Å²) in [6.07, 6.45) is 2.32. The molecule has 204 valence electrons. The fraction of sp³-hybridized carbons (Fsp3) is 0.346. The summed E-state index contributed by atoms with van der Waals surface area (Å²) in [7, 11) is -3.68. The van der Waals surface area contributed by atoms with Gasteiger partial charge in [-0.15, -0.1) is 0 Å². The highest BCUT2D eigenvalue weighted by molar-refractivity contribution is 7.91. The molecule has 0 aliphatic carbocycles. The van der Waals surface area contributed by atoms with Crippen molar-refractivity contribution in [3.05, 3.63) is 70.8 Å². The largest absolute Gasteiger partial charge is 0.350 e. The van der Waals surface area contributed by atoms with E-state index in [1.807, 2.05) is 19.9 Å². The minimum atomic E-state index is -3.68. The van der Waals surface area contributed by atoms with Crippen LogP contribution in [-0.4, -0.2) is 58.2 Å². The van der Waals surface area contributed by atoms with Crippen molar-refractivity contribution < 1.29 is 12.8 Å². The molecule has 1 saturated heterocycles. The Morgan fingerprint density at radius 3 is 2.56 bits per heavy atom. The minimum absolute atomic E-state index is 0.131. The lowest BCUT2D eigenvalue weighted by atomic mass is 10.1. The van der Waals surface area contributed by atoms with Gasteiger partial charge in [-0.3, -0.25) is 14.1 Å². The number of sulfonamides is 1. The van der Waals surface area contributed by atoms with Crippen LogP contribution in [0.25, 0.3) is 22.4 Å². The number of pyridine rings is 1. The van der Waals surface area contributed by atoms with Crippen LogP contribution in [-0.2, 0) is 15.8 Å². The molecule has 0 bridgehead atoms. The fourth-order valence-electron chi connectivity index (χ4n) is 4.50. The van der Waals surface area contributed by atoms with E-state index in [0.717, 1.165) is 0 Å². The number of anilines is 2. The first kappa shape index (κ1) is 26.6. The van der Waals surface area contributed by atoms with E-state index in [0.29, 0.717) is 47.7 Å². The van der Waals surface area contributed by atoms with Crippen LogP contribution in [0.5, 0.6) is 0 Å². The zero-order valence-electron chi connectivity index (χ0n) is 21.5. The van der Waals surface area contributed by atoms with E-state index in [2.05, 4.69) is 35.3 Å². The molecule has 1 fully saturated rings. The summed E-state index contributed by atoms with van der Waals surface area (Å²) in [6, 6.07) is 11.5. The van der Waals surface area contributed by atoms with Crippen molar-refractivity contribution in [1.29, 1.82) is 0 Å². The molecule has 1 aliphatic rings. The molecular formula is C26H29FN8O3S. The Labute approximate surface area is 225 Å². The zero-order chi connectivity index (χ0) is 27.6. The highest BCUT2D eigenvalue weighted by atomic mass is 32.2. The summed E-state index contributed by atoms with van der Waals surface area (Å²) in [4.78, 5) is 31.1. The van der Waals surface area contributed by atoms with Gasteiger partial charge in [-0.2, -0.15) is 4.98 Å². The molecule has 3 N–H and O–H groups in total. The van der Waals surface area contributed by atoms with Gasteiger partial charge in [0, 0.05) is 43.4 Å². The van der Waals surface area contributed by atoms with Gasteiger partial charge in [0.25, 0.3) is 5.56 Å². The standard InChI is InChI=1S/C26H29FN8O3S/c1-16(2)35-24-21(14-30-26(33-24)31-20-10-19(27)12-28-13-20)32-23(25(35)36)18-8-9-22(29-11-18)34-39(37,38)15-17-6-4-3-5-7-17/h3-9,11,14,16,19-20,28H,10,12-13,15H2,1-2H3,(H,29,34)(H,30,31,33)/t19-,20-/m0/s1. The van der Waals surface area contributed by atoms with E-state index in [1.54, 1.807) is 30.3 Å². The second-order valence-electron chi connectivity index (χ2n) is 9.74. The molecule has 0 saturated carbocycles. The monoisotopic (exact) mass is 552 g/mol. The molecular weight excluding hydrogens is 523 g/mol. The number of fused-ring (bicyclic) bond motifs is 1. The van der Waals surface area contributed by atoms with Gasteiger partial charge in [-0.1, -0.05) is 30.3 Å². The first-order valence-corrected chi connectivity index (χ1v) is 14.2. The van der Waals surface area contributed by atoms with Gasteiger partial charge < -0.3 is 10.6 Å². The SMILES string of the molecule is CC(C)n1c(=O)c(-c2ccc(NS(=O)(=O)Cc3ccccc3)nc2)nc2cnc(N[C@@H]3CNC[C@@H](F)C3)nc21. The minimum Gasteiger partial charge on any atom is -0.350 e. The first-order valence-electron chi connectivity index (χ1n) is 12.6. The molecule has 1 aromatic carbocycles. The lowest BCUT2D eigenvalue weighted by molar-refractivity contribution is 0.254. The van der Waals surface area contributed by atoms with Crippen LogP contribution in [0.15, 0.2) is 59.7 Å². The lowest BCUT2D eigenvalue weighted by Gasteiger charge is -2.26. The van der Waals surface area contributed by atoms with Gasteiger partial charge >= 0.3 is 0 Å². The Kier molecular flexibility index (Phi) is 7.53. The summed E-state index contributed by atoms with van der Waals surface area (Å²) < 4.78 is 42.9. The number of halogens is 1. The highest BCUT2D eigenvalue weighted by Gasteiger charge is 2.23. The van der Waals surface area contributed by atoms with Gasteiger partial charge in [-0.25, -0.2) is 27.8 Å². The quantitative estimate of drug-likeness (QED) is 0.301. The smallest absolute Gasteiger partial charge is 0.279 e. The number of aromatic nitrogens is 5. The molecule has 3 aromatic heterocycles. The Balaban J connectivity index is 1.41. The van der Waals surface area contributed by atoms with Crippen molar-refractivity contribution in [2.24, 2.45) is 0 Å². The topological polar surface area (TPSA) is 144 Å². The van der Waals surface area contributed by atoms with Crippen LogP contribution in [0.2, 0.25) is 0 Å². The summed E-state index contributed by atoms with van der Waals surface area (Å²) in [5, 5.41) is 6.17. The average Bonchev–Trinajstić information content (AvgIpc) is 2.89. The maximum atomic E-state index is 13.8. The van der Waals surface area contributed by atoms with Gasteiger partial charge in [0.1, 0.15) is 23.2 Å². The molecule has 13 heteroatoms. The number of piperidine rings is 1. The molecule has 5 rings (SSSR count). The van der Waals surface area contributed by atoms with Crippen molar-refractivity contribution >= 4 is 33.0 Å². The molecule has 4 heterocycles. The molecule has 0 radical (unpaired) electrons.